The largest absolute Gasteiger partial charge is 0.361 e. The maximum Gasteiger partial charge on any atom is 0.0456 e. The molecule has 0 fully saturated rings. The van der Waals surface area contributed by atoms with Gasteiger partial charge in [-0.05, 0) is 48.1 Å². The van der Waals surface area contributed by atoms with Gasteiger partial charge in [0.2, 0.25) is 0 Å². The first kappa shape index (κ1) is 12.2. The number of hydrogen-bond donors (Lipinski definition) is 2. The van der Waals surface area contributed by atoms with E-state index in [4.69, 9.17) is 5.73 Å². The smallest absolute Gasteiger partial charge is 0.0456 e. The molecule has 0 atom stereocenters. The molecule has 3 N–H and O–H groups in total. The van der Waals surface area contributed by atoms with E-state index >= 15 is 0 Å². The number of nitrogens with two attached hydrogens (primary N) is 1. The SMILES string of the molecule is CC(C)(C)c1ccc2[nH]cc(CCCN)c2c1. The van der Waals surface area contributed by atoms with Gasteiger partial charge in [0.05, 0.1) is 0 Å². The lowest BCUT2D eigenvalue weighted by Gasteiger charge is -2.19. The minimum Gasteiger partial charge on any atom is -0.361 e. The standard InChI is InChI=1S/C15H22N2/c1-15(2,3)12-6-7-14-13(9-12)11(10-17-14)5-4-8-16/h6-7,9-10,17H,4-5,8,16H2,1-3H3. The number of H-pyrrole nitrogens is 1. The van der Waals surface area contributed by atoms with Crippen LogP contribution in [0.2, 0.25) is 0 Å². The summed E-state index contributed by atoms with van der Waals surface area (Å²) in [7, 11) is 0. The van der Waals surface area contributed by atoms with Gasteiger partial charge in [-0.3, -0.25) is 0 Å². The predicted molar refractivity (Wildman–Crippen MR) is 74.4 cm³/mol. The van der Waals surface area contributed by atoms with Crippen LogP contribution < -0.4 is 5.73 Å². The molecule has 1 aromatic carbocycles. The topological polar surface area (TPSA) is 41.8 Å². The molecule has 2 heteroatoms. The number of nitrogens with one attached hydrogen (secondary N) is 1. The van der Waals surface area contributed by atoms with Crippen LogP contribution in [0.25, 0.3) is 10.9 Å². The molecule has 0 amide bonds. The highest BCUT2D eigenvalue weighted by molar-refractivity contribution is 5.84. The van der Waals surface area contributed by atoms with Crippen molar-refractivity contribution in [3.63, 3.8) is 0 Å². The normalized spacial score (nSPS) is 12.2. The van der Waals surface area contributed by atoms with E-state index in [1.807, 2.05) is 0 Å². The second-order valence-electron chi connectivity index (χ2n) is 5.72. The highest BCUT2D eigenvalue weighted by atomic mass is 14.7. The number of aryl methyl sites for hydroxylation is 1. The Morgan fingerprint density at radius 1 is 1.24 bits per heavy atom. The van der Waals surface area contributed by atoms with Gasteiger partial charge < -0.3 is 10.7 Å². The molecule has 0 saturated carbocycles. The van der Waals surface area contributed by atoms with Gasteiger partial charge in [0.1, 0.15) is 0 Å². The molecule has 0 saturated heterocycles. The summed E-state index contributed by atoms with van der Waals surface area (Å²) in [5, 5.41) is 1.35. The monoisotopic (exact) mass is 230 g/mol. The van der Waals surface area contributed by atoms with Crippen LogP contribution in [0, 0.1) is 0 Å². The average Bonchev–Trinajstić information content (AvgIpc) is 2.67. The highest BCUT2D eigenvalue weighted by Crippen LogP contribution is 2.28. The molecule has 2 rings (SSSR count). The predicted octanol–water partition coefficient (Wildman–Crippen LogP) is 3.36. The molecule has 2 nitrogen and oxygen atoms in total. The number of fused-ring (bicyclic) bond motifs is 1. The first-order valence-electron chi connectivity index (χ1n) is 6.33. The van der Waals surface area contributed by atoms with Gasteiger partial charge in [-0.25, -0.2) is 0 Å². The summed E-state index contributed by atoms with van der Waals surface area (Å²) in [6.07, 6.45) is 4.23. The molecule has 0 aliphatic carbocycles. The Bertz CT molecular complexity index is 503. The van der Waals surface area contributed by atoms with Gasteiger partial charge in [-0.2, -0.15) is 0 Å². The molecule has 0 aliphatic heterocycles. The number of benzene rings is 1. The third kappa shape index (κ3) is 2.52. The third-order valence-corrected chi connectivity index (χ3v) is 3.28. The molecule has 0 radical (unpaired) electrons. The van der Waals surface area contributed by atoms with Crippen molar-refractivity contribution in [1.29, 1.82) is 0 Å². The maximum atomic E-state index is 5.58. The highest BCUT2D eigenvalue weighted by Gasteiger charge is 2.14. The number of aromatic nitrogens is 1. The Kier molecular flexibility index (Phi) is 3.25. The average molecular weight is 230 g/mol. The zero-order chi connectivity index (χ0) is 12.5. The van der Waals surface area contributed by atoms with Crippen LogP contribution in [-0.4, -0.2) is 11.5 Å². The van der Waals surface area contributed by atoms with E-state index in [1.165, 1.54) is 22.0 Å². The van der Waals surface area contributed by atoms with Gasteiger partial charge in [-0.1, -0.05) is 26.8 Å². The summed E-state index contributed by atoms with van der Waals surface area (Å²) in [6.45, 7) is 7.51. The first-order valence-corrected chi connectivity index (χ1v) is 6.33. The van der Waals surface area contributed by atoms with E-state index in [0.717, 1.165) is 19.4 Å². The molecule has 2 aromatic rings. The van der Waals surface area contributed by atoms with Gasteiger partial charge in [0.25, 0.3) is 0 Å². The Morgan fingerprint density at radius 3 is 2.65 bits per heavy atom. The molecule has 1 heterocycles. The van der Waals surface area contributed by atoms with Crippen LogP contribution >= 0.6 is 0 Å². The van der Waals surface area contributed by atoms with Crippen molar-refractivity contribution in [3.05, 3.63) is 35.5 Å². The fraction of sp³-hybridized carbons (Fsp3) is 0.467. The minimum atomic E-state index is 0.205. The molecular weight excluding hydrogens is 208 g/mol. The molecular formula is C15H22N2. The fourth-order valence-corrected chi connectivity index (χ4v) is 2.14. The molecule has 0 spiro atoms. The third-order valence-electron chi connectivity index (χ3n) is 3.28. The lowest BCUT2D eigenvalue weighted by Crippen LogP contribution is -2.10. The summed E-state index contributed by atoms with van der Waals surface area (Å²) >= 11 is 0. The second kappa shape index (κ2) is 4.53. The van der Waals surface area contributed by atoms with Crippen molar-refractivity contribution in [2.45, 2.75) is 39.0 Å². The summed E-state index contributed by atoms with van der Waals surface area (Å²) in [6, 6.07) is 6.71. The lowest BCUT2D eigenvalue weighted by atomic mass is 9.86. The molecule has 0 aliphatic rings. The first-order chi connectivity index (χ1) is 8.02. The van der Waals surface area contributed by atoms with Crippen LogP contribution in [0.15, 0.2) is 24.4 Å². The summed E-state index contributed by atoms with van der Waals surface area (Å²) in [5.41, 5.74) is 9.78. The van der Waals surface area contributed by atoms with Crippen molar-refractivity contribution >= 4 is 10.9 Å². The quantitative estimate of drug-likeness (QED) is 0.834. The van der Waals surface area contributed by atoms with E-state index < -0.39 is 0 Å². The van der Waals surface area contributed by atoms with E-state index in [9.17, 15) is 0 Å². The number of rotatable bonds is 3. The van der Waals surface area contributed by atoms with Gasteiger partial charge in [0, 0.05) is 17.1 Å². The van der Waals surface area contributed by atoms with E-state index in [-0.39, 0.29) is 5.41 Å². The van der Waals surface area contributed by atoms with Crippen molar-refractivity contribution in [3.8, 4) is 0 Å². The van der Waals surface area contributed by atoms with Gasteiger partial charge >= 0.3 is 0 Å². The van der Waals surface area contributed by atoms with Gasteiger partial charge in [-0.15, -0.1) is 0 Å². The van der Waals surface area contributed by atoms with E-state index in [0.29, 0.717) is 0 Å². The Balaban J connectivity index is 2.43. The van der Waals surface area contributed by atoms with Crippen molar-refractivity contribution in [2.24, 2.45) is 5.73 Å². The minimum absolute atomic E-state index is 0.205. The number of aromatic amines is 1. The Labute approximate surface area is 103 Å². The molecule has 92 valence electrons. The Hall–Kier alpha value is -1.28. The molecule has 17 heavy (non-hydrogen) atoms. The summed E-state index contributed by atoms with van der Waals surface area (Å²) in [5.74, 6) is 0. The molecule has 0 unspecified atom stereocenters. The van der Waals surface area contributed by atoms with Crippen molar-refractivity contribution in [2.75, 3.05) is 6.54 Å². The van der Waals surface area contributed by atoms with Crippen molar-refractivity contribution in [1.82, 2.24) is 4.98 Å². The fourth-order valence-electron chi connectivity index (χ4n) is 2.14. The second-order valence-corrected chi connectivity index (χ2v) is 5.72. The summed E-state index contributed by atoms with van der Waals surface area (Å²) in [4.78, 5) is 3.33. The van der Waals surface area contributed by atoms with E-state index in [2.05, 4.69) is 50.2 Å². The molecule has 0 bridgehead atoms. The molecule has 1 aromatic heterocycles. The van der Waals surface area contributed by atoms with Crippen LogP contribution in [0.3, 0.4) is 0 Å². The zero-order valence-corrected chi connectivity index (χ0v) is 11.0. The van der Waals surface area contributed by atoms with Crippen molar-refractivity contribution < 1.29 is 0 Å². The van der Waals surface area contributed by atoms with Crippen LogP contribution in [0.1, 0.15) is 38.3 Å². The van der Waals surface area contributed by atoms with Crippen LogP contribution in [0.5, 0.6) is 0 Å². The summed E-state index contributed by atoms with van der Waals surface area (Å²) < 4.78 is 0. The van der Waals surface area contributed by atoms with E-state index in [1.54, 1.807) is 0 Å². The van der Waals surface area contributed by atoms with Crippen LogP contribution in [0.4, 0.5) is 0 Å². The van der Waals surface area contributed by atoms with Crippen LogP contribution in [-0.2, 0) is 11.8 Å². The lowest BCUT2D eigenvalue weighted by molar-refractivity contribution is 0.591. The maximum absolute atomic E-state index is 5.58. The van der Waals surface area contributed by atoms with Gasteiger partial charge in [0.15, 0.2) is 0 Å². The Morgan fingerprint density at radius 2 is 2.00 bits per heavy atom. The number of hydrogen-bond acceptors (Lipinski definition) is 1. The zero-order valence-electron chi connectivity index (χ0n) is 11.0.